The van der Waals surface area contributed by atoms with Crippen LogP contribution in [0.15, 0.2) is 47.5 Å². The highest BCUT2D eigenvalue weighted by Crippen LogP contribution is 2.18. The van der Waals surface area contributed by atoms with Gasteiger partial charge in [0.2, 0.25) is 0 Å². The average Bonchev–Trinajstić information content (AvgIpc) is 2.97. The van der Waals surface area contributed by atoms with Gasteiger partial charge in [0.1, 0.15) is 5.82 Å². The molecule has 0 radical (unpaired) electrons. The molecule has 6 nitrogen and oxygen atoms in total. The molecule has 0 amide bonds. The van der Waals surface area contributed by atoms with Crippen LogP contribution in [0.5, 0.6) is 0 Å². The highest BCUT2D eigenvalue weighted by atomic mass is 16.1. The van der Waals surface area contributed by atoms with E-state index in [0.29, 0.717) is 17.1 Å². The van der Waals surface area contributed by atoms with Crippen LogP contribution in [0.4, 0.5) is 0 Å². The molecule has 0 unspecified atom stereocenters. The van der Waals surface area contributed by atoms with Gasteiger partial charge in [-0.15, -0.1) is 0 Å². The van der Waals surface area contributed by atoms with E-state index in [9.17, 15) is 4.79 Å². The minimum absolute atomic E-state index is 0.257. The van der Waals surface area contributed by atoms with Gasteiger partial charge in [0.15, 0.2) is 11.3 Å². The smallest absolute Gasteiger partial charge is 0.334 e. The summed E-state index contributed by atoms with van der Waals surface area (Å²) in [5.41, 5.74) is 1.71. The summed E-state index contributed by atoms with van der Waals surface area (Å²) in [7, 11) is 0. The van der Waals surface area contributed by atoms with Gasteiger partial charge < -0.3 is 4.98 Å². The summed E-state index contributed by atoms with van der Waals surface area (Å²) >= 11 is 0. The second-order valence-corrected chi connectivity index (χ2v) is 4.24. The Morgan fingerprint density at radius 3 is 2.79 bits per heavy atom. The van der Waals surface area contributed by atoms with Gasteiger partial charge >= 0.3 is 5.69 Å². The summed E-state index contributed by atoms with van der Waals surface area (Å²) in [5.74, 6) is 0.679. The van der Waals surface area contributed by atoms with Crippen LogP contribution in [0.1, 0.15) is 0 Å². The van der Waals surface area contributed by atoms with Gasteiger partial charge in [0, 0.05) is 23.3 Å². The number of nitrogens with zero attached hydrogens (tertiary/aromatic N) is 3. The van der Waals surface area contributed by atoms with Crippen LogP contribution in [-0.4, -0.2) is 24.5 Å². The molecule has 1 aromatic carbocycles. The first-order valence-electron chi connectivity index (χ1n) is 5.83. The van der Waals surface area contributed by atoms with E-state index in [1.165, 1.54) is 4.57 Å². The zero-order chi connectivity index (χ0) is 12.8. The lowest BCUT2D eigenvalue weighted by molar-refractivity contribution is 0.970. The molecule has 0 saturated carbocycles. The van der Waals surface area contributed by atoms with E-state index in [0.717, 1.165) is 10.9 Å². The van der Waals surface area contributed by atoms with Gasteiger partial charge in [-0.2, -0.15) is 0 Å². The van der Waals surface area contributed by atoms with Crippen molar-refractivity contribution in [1.29, 1.82) is 0 Å². The fraction of sp³-hybridized carbons (Fsp3) is 0. The maximum atomic E-state index is 12.0. The Labute approximate surface area is 106 Å². The van der Waals surface area contributed by atoms with Gasteiger partial charge in [-0.1, -0.05) is 18.2 Å². The van der Waals surface area contributed by atoms with Crippen LogP contribution in [0.2, 0.25) is 0 Å². The Bertz CT molecular complexity index is 913. The van der Waals surface area contributed by atoms with E-state index in [2.05, 4.69) is 19.9 Å². The van der Waals surface area contributed by atoms with Crippen LogP contribution in [0.3, 0.4) is 0 Å². The first kappa shape index (κ1) is 10.1. The summed E-state index contributed by atoms with van der Waals surface area (Å²) in [6.45, 7) is 0. The number of fused-ring (bicyclic) bond motifs is 2. The van der Waals surface area contributed by atoms with Crippen LogP contribution < -0.4 is 5.69 Å². The molecule has 3 aromatic heterocycles. The molecule has 4 rings (SSSR count). The number of rotatable bonds is 1. The van der Waals surface area contributed by atoms with Crippen molar-refractivity contribution >= 4 is 22.2 Å². The topological polar surface area (TPSA) is 79.4 Å². The number of aromatic amines is 2. The maximum absolute atomic E-state index is 12.0. The Morgan fingerprint density at radius 2 is 1.89 bits per heavy atom. The standard InChI is InChI=1S/C13H9N5O/c19-13-17-11-12(15-6-5-14-11)18(13)10-7-8-3-1-2-4-9(8)16-10/h1-7,16H,(H,14,17,19). The molecule has 0 aliphatic carbocycles. The van der Waals surface area contributed by atoms with Gasteiger partial charge in [0.25, 0.3) is 0 Å². The molecule has 0 aliphatic rings. The lowest BCUT2D eigenvalue weighted by Crippen LogP contribution is -2.15. The fourth-order valence-electron chi connectivity index (χ4n) is 2.24. The second-order valence-electron chi connectivity index (χ2n) is 4.24. The van der Waals surface area contributed by atoms with Gasteiger partial charge in [-0.25, -0.2) is 19.3 Å². The number of para-hydroxylation sites is 1. The van der Waals surface area contributed by atoms with Gasteiger partial charge in [-0.3, -0.25) is 4.98 Å². The van der Waals surface area contributed by atoms with Crippen LogP contribution >= 0.6 is 0 Å². The van der Waals surface area contributed by atoms with Crippen LogP contribution in [0, 0.1) is 0 Å². The van der Waals surface area contributed by atoms with Crippen LogP contribution in [-0.2, 0) is 0 Å². The van der Waals surface area contributed by atoms with Crippen molar-refractivity contribution in [1.82, 2.24) is 24.5 Å². The molecular formula is C13H9N5O. The van der Waals surface area contributed by atoms with Crippen molar-refractivity contribution in [3.05, 3.63) is 53.2 Å². The molecule has 0 bridgehead atoms. The van der Waals surface area contributed by atoms with E-state index >= 15 is 0 Å². The SMILES string of the molecule is O=c1[nH]c2nccnc2n1-c1cc2ccccc2[nH]1. The lowest BCUT2D eigenvalue weighted by Gasteiger charge is -1.97. The third kappa shape index (κ3) is 1.40. The molecule has 3 heterocycles. The van der Waals surface area contributed by atoms with E-state index in [1.54, 1.807) is 12.4 Å². The largest absolute Gasteiger partial charge is 0.341 e. The first-order chi connectivity index (χ1) is 9.33. The summed E-state index contributed by atoms with van der Waals surface area (Å²) in [6, 6.07) is 9.77. The minimum Gasteiger partial charge on any atom is -0.341 e. The molecule has 92 valence electrons. The average molecular weight is 251 g/mol. The van der Waals surface area contributed by atoms with Crippen molar-refractivity contribution in [2.24, 2.45) is 0 Å². The number of benzene rings is 1. The number of aromatic nitrogens is 5. The summed E-state index contributed by atoms with van der Waals surface area (Å²) < 4.78 is 1.49. The van der Waals surface area contributed by atoms with Crippen molar-refractivity contribution in [2.45, 2.75) is 0 Å². The fourth-order valence-corrected chi connectivity index (χ4v) is 2.24. The molecule has 0 aliphatic heterocycles. The van der Waals surface area contributed by atoms with Crippen molar-refractivity contribution in [2.75, 3.05) is 0 Å². The van der Waals surface area contributed by atoms with Crippen molar-refractivity contribution < 1.29 is 0 Å². The zero-order valence-electron chi connectivity index (χ0n) is 9.79. The predicted octanol–water partition coefficient (Wildman–Crippen LogP) is 1.59. The van der Waals surface area contributed by atoms with E-state index in [4.69, 9.17) is 0 Å². The molecule has 2 N–H and O–H groups in total. The van der Waals surface area contributed by atoms with Crippen molar-refractivity contribution in [3.8, 4) is 5.82 Å². The summed E-state index contributed by atoms with van der Waals surface area (Å²) in [6.07, 6.45) is 3.11. The Kier molecular flexibility index (Phi) is 1.88. The molecule has 4 aromatic rings. The van der Waals surface area contributed by atoms with Gasteiger partial charge in [0.05, 0.1) is 0 Å². The molecule has 0 saturated heterocycles. The normalized spacial score (nSPS) is 11.4. The highest BCUT2D eigenvalue weighted by Gasteiger charge is 2.12. The Balaban J connectivity index is 2.09. The summed E-state index contributed by atoms with van der Waals surface area (Å²) in [4.78, 5) is 26.2. The molecule has 0 spiro atoms. The molecule has 0 atom stereocenters. The number of hydrogen-bond acceptors (Lipinski definition) is 3. The van der Waals surface area contributed by atoms with E-state index < -0.39 is 0 Å². The Hall–Kier alpha value is -2.89. The molecular weight excluding hydrogens is 242 g/mol. The maximum Gasteiger partial charge on any atom is 0.334 e. The third-order valence-electron chi connectivity index (χ3n) is 3.08. The van der Waals surface area contributed by atoms with Gasteiger partial charge in [-0.05, 0) is 12.1 Å². The molecule has 19 heavy (non-hydrogen) atoms. The number of H-pyrrole nitrogens is 2. The minimum atomic E-state index is -0.257. The van der Waals surface area contributed by atoms with E-state index in [1.807, 2.05) is 30.3 Å². The monoisotopic (exact) mass is 251 g/mol. The molecule has 0 fully saturated rings. The second kappa shape index (κ2) is 3.55. The summed E-state index contributed by atoms with van der Waals surface area (Å²) in [5, 5.41) is 1.04. The predicted molar refractivity (Wildman–Crippen MR) is 71.3 cm³/mol. The van der Waals surface area contributed by atoms with Crippen molar-refractivity contribution in [3.63, 3.8) is 0 Å². The zero-order valence-corrected chi connectivity index (χ0v) is 9.79. The lowest BCUT2D eigenvalue weighted by atomic mass is 10.2. The number of imidazole rings is 1. The molecule has 6 heteroatoms. The quantitative estimate of drug-likeness (QED) is 0.539. The Morgan fingerprint density at radius 1 is 1.05 bits per heavy atom. The number of nitrogens with one attached hydrogen (secondary N) is 2. The highest BCUT2D eigenvalue weighted by molar-refractivity contribution is 5.83. The first-order valence-corrected chi connectivity index (χ1v) is 5.83. The number of hydrogen-bond donors (Lipinski definition) is 2. The van der Waals surface area contributed by atoms with E-state index in [-0.39, 0.29) is 5.69 Å². The van der Waals surface area contributed by atoms with Crippen LogP contribution in [0.25, 0.3) is 28.0 Å². The third-order valence-corrected chi connectivity index (χ3v) is 3.08.